The summed E-state index contributed by atoms with van der Waals surface area (Å²) in [7, 11) is 0. The van der Waals surface area contributed by atoms with E-state index in [1.54, 1.807) is 24.3 Å². The van der Waals surface area contributed by atoms with Crippen molar-refractivity contribution in [1.82, 2.24) is 15.1 Å². The zero-order chi connectivity index (χ0) is 22.2. The van der Waals surface area contributed by atoms with E-state index in [0.29, 0.717) is 17.8 Å². The van der Waals surface area contributed by atoms with Crippen LogP contribution in [0.4, 0.5) is 5.69 Å². The third-order valence-corrected chi connectivity index (χ3v) is 6.73. The fourth-order valence-electron chi connectivity index (χ4n) is 3.61. The molecule has 1 saturated heterocycles. The standard InChI is InChI=1S/C22H31N5O3S/c1-3-26(4-2)14-11-23-20(29)16-7-9-17(10-8-16)24-19(28)15-18-21(30)25-22(31-18)27-12-5-6-13-27/h7-10,18H,3-6,11-15H2,1-2H3,(H,23,29)(H,24,28). The maximum absolute atomic E-state index is 12.4. The Morgan fingerprint density at radius 2 is 1.84 bits per heavy atom. The van der Waals surface area contributed by atoms with Crippen molar-refractivity contribution in [3.63, 3.8) is 0 Å². The molecule has 0 aliphatic carbocycles. The predicted molar refractivity (Wildman–Crippen MR) is 124 cm³/mol. The second kappa shape index (κ2) is 11.3. The van der Waals surface area contributed by atoms with Crippen LogP contribution in [0, 0.1) is 0 Å². The van der Waals surface area contributed by atoms with Gasteiger partial charge in [0.05, 0.1) is 0 Å². The molecule has 0 spiro atoms. The summed E-state index contributed by atoms with van der Waals surface area (Å²) < 4.78 is 0. The van der Waals surface area contributed by atoms with E-state index in [1.165, 1.54) is 11.8 Å². The Balaban J connectivity index is 1.43. The number of nitrogens with zero attached hydrogens (tertiary/aromatic N) is 3. The van der Waals surface area contributed by atoms with Crippen LogP contribution in [0.3, 0.4) is 0 Å². The maximum atomic E-state index is 12.4. The molecule has 1 atom stereocenters. The van der Waals surface area contributed by atoms with Crippen molar-refractivity contribution in [2.24, 2.45) is 4.99 Å². The molecule has 9 heteroatoms. The van der Waals surface area contributed by atoms with Crippen molar-refractivity contribution in [2.45, 2.75) is 38.4 Å². The van der Waals surface area contributed by atoms with Gasteiger partial charge < -0.3 is 20.4 Å². The van der Waals surface area contributed by atoms with Crippen molar-refractivity contribution < 1.29 is 14.4 Å². The Labute approximate surface area is 187 Å². The summed E-state index contributed by atoms with van der Waals surface area (Å²) in [4.78, 5) is 45.3. The first-order valence-corrected chi connectivity index (χ1v) is 11.8. The van der Waals surface area contributed by atoms with E-state index in [9.17, 15) is 14.4 Å². The molecule has 31 heavy (non-hydrogen) atoms. The fourth-order valence-corrected chi connectivity index (χ4v) is 4.72. The molecule has 0 aromatic heterocycles. The Bertz CT molecular complexity index is 817. The lowest BCUT2D eigenvalue weighted by molar-refractivity contribution is -0.121. The average Bonchev–Trinajstić information content (AvgIpc) is 3.42. The zero-order valence-electron chi connectivity index (χ0n) is 18.2. The Morgan fingerprint density at radius 1 is 1.16 bits per heavy atom. The molecule has 0 radical (unpaired) electrons. The largest absolute Gasteiger partial charge is 0.351 e. The molecule has 2 aliphatic rings. The zero-order valence-corrected chi connectivity index (χ0v) is 19.0. The van der Waals surface area contributed by atoms with Gasteiger partial charge in [-0.3, -0.25) is 14.4 Å². The molecule has 1 fully saturated rings. The van der Waals surface area contributed by atoms with Crippen molar-refractivity contribution >= 4 is 40.3 Å². The van der Waals surface area contributed by atoms with Crippen molar-refractivity contribution in [3.8, 4) is 0 Å². The molecule has 1 aromatic carbocycles. The summed E-state index contributed by atoms with van der Waals surface area (Å²) in [6, 6.07) is 6.78. The number of aliphatic imine (C=N–C) groups is 1. The van der Waals surface area contributed by atoms with Crippen LogP contribution >= 0.6 is 11.8 Å². The minimum Gasteiger partial charge on any atom is -0.351 e. The fraction of sp³-hybridized carbons (Fsp3) is 0.545. The number of carbonyl (C=O) groups is 3. The molecule has 2 heterocycles. The number of nitrogens with one attached hydrogen (secondary N) is 2. The van der Waals surface area contributed by atoms with Gasteiger partial charge in [-0.15, -0.1) is 0 Å². The van der Waals surface area contributed by atoms with Crippen LogP contribution in [0.25, 0.3) is 0 Å². The van der Waals surface area contributed by atoms with Crippen LogP contribution in [0.5, 0.6) is 0 Å². The number of likely N-dealkylation sites (tertiary alicyclic amines) is 1. The van der Waals surface area contributed by atoms with E-state index >= 15 is 0 Å². The highest BCUT2D eigenvalue weighted by Gasteiger charge is 2.33. The smallest absolute Gasteiger partial charge is 0.262 e. The maximum Gasteiger partial charge on any atom is 0.262 e. The van der Waals surface area contributed by atoms with Gasteiger partial charge in [-0.2, -0.15) is 4.99 Å². The summed E-state index contributed by atoms with van der Waals surface area (Å²) in [5.41, 5.74) is 1.14. The molecular formula is C22H31N5O3S. The topological polar surface area (TPSA) is 94.1 Å². The number of anilines is 1. The summed E-state index contributed by atoms with van der Waals surface area (Å²) in [6.45, 7) is 9.36. The van der Waals surface area contributed by atoms with Crippen molar-refractivity contribution in [3.05, 3.63) is 29.8 Å². The molecule has 3 amide bonds. The van der Waals surface area contributed by atoms with Crippen LogP contribution in [0.15, 0.2) is 29.3 Å². The van der Waals surface area contributed by atoms with Crippen LogP contribution < -0.4 is 10.6 Å². The van der Waals surface area contributed by atoms with Gasteiger partial charge in [0.2, 0.25) is 5.91 Å². The molecule has 2 N–H and O–H groups in total. The molecule has 2 aliphatic heterocycles. The quantitative estimate of drug-likeness (QED) is 0.605. The lowest BCUT2D eigenvalue weighted by Crippen LogP contribution is -2.34. The molecule has 1 aromatic rings. The first-order valence-electron chi connectivity index (χ1n) is 10.9. The van der Waals surface area contributed by atoms with E-state index in [2.05, 4.69) is 39.3 Å². The summed E-state index contributed by atoms with van der Waals surface area (Å²) in [5.74, 6) is -0.608. The molecule has 3 rings (SSSR count). The first kappa shape index (κ1) is 23.3. The van der Waals surface area contributed by atoms with Gasteiger partial charge in [0.25, 0.3) is 11.8 Å². The molecule has 0 saturated carbocycles. The van der Waals surface area contributed by atoms with Gasteiger partial charge >= 0.3 is 0 Å². The highest BCUT2D eigenvalue weighted by Crippen LogP contribution is 2.29. The van der Waals surface area contributed by atoms with E-state index in [0.717, 1.165) is 50.7 Å². The second-order valence-electron chi connectivity index (χ2n) is 7.65. The third kappa shape index (κ3) is 6.54. The van der Waals surface area contributed by atoms with Crippen LogP contribution in [0.1, 0.15) is 43.5 Å². The normalized spacial score (nSPS) is 18.4. The van der Waals surface area contributed by atoms with Gasteiger partial charge in [0.1, 0.15) is 5.25 Å². The van der Waals surface area contributed by atoms with E-state index < -0.39 is 5.25 Å². The molecular weight excluding hydrogens is 414 g/mol. The second-order valence-corrected chi connectivity index (χ2v) is 8.82. The number of hydrogen-bond acceptors (Lipinski definition) is 6. The molecule has 168 valence electrons. The van der Waals surface area contributed by atoms with Crippen LogP contribution in [0.2, 0.25) is 0 Å². The van der Waals surface area contributed by atoms with Gasteiger partial charge in [0, 0.05) is 43.9 Å². The lowest BCUT2D eigenvalue weighted by atomic mass is 10.2. The number of benzene rings is 1. The Hall–Kier alpha value is -2.39. The molecule has 8 nitrogen and oxygen atoms in total. The predicted octanol–water partition coefficient (Wildman–Crippen LogP) is 2.18. The first-order chi connectivity index (χ1) is 15.0. The number of thioether (sulfide) groups is 1. The van der Waals surface area contributed by atoms with Crippen molar-refractivity contribution in [2.75, 3.05) is 44.6 Å². The van der Waals surface area contributed by atoms with Gasteiger partial charge in [-0.25, -0.2) is 0 Å². The van der Waals surface area contributed by atoms with E-state index in [1.807, 2.05) is 0 Å². The number of carbonyl (C=O) groups excluding carboxylic acids is 3. The number of amidine groups is 1. The van der Waals surface area contributed by atoms with E-state index in [-0.39, 0.29) is 24.1 Å². The van der Waals surface area contributed by atoms with Crippen LogP contribution in [-0.2, 0) is 9.59 Å². The van der Waals surface area contributed by atoms with E-state index in [4.69, 9.17) is 0 Å². The highest BCUT2D eigenvalue weighted by atomic mass is 32.2. The summed E-state index contributed by atoms with van der Waals surface area (Å²) in [5, 5.41) is 6.00. The minimum atomic E-state index is -0.466. The van der Waals surface area contributed by atoms with Gasteiger partial charge in [0.15, 0.2) is 5.17 Å². The van der Waals surface area contributed by atoms with Crippen LogP contribution in [-0.4, -0.2) is 77.2 Å². The monoisotopic (exact) mass is 445 g/mol. The van der Waals surface area contributed by atoms with Gasteiger partial charge in [-0.05, 0) is 50.2 Å². The lowest BCUT2D eigenvalue weighted by Gasteiger charge is -2.18. The number of amides is 3. The minimum absolute atomic E-state index is 0.0813. The van der Waals surface area contributed by atoms with Crippen molar-refractivity contribution in [1.29, 1.82) is 0 Å². The molecule has 0 bridgehead atoms. The number of likely N-dealkylation sites (N-methyl/N-ethyl adjacent to an activating group) is 1. The SMILES string of the molecule is CCN(CC)CCNC(=O)c1ccc(NC(=O)CC2SC(N3CCCC3)=NC2=O)cc1. The number of hydrogen-bond donors (Lipinski definition) is 2. The number of rotatable bonds is 9. The summed E-state index contributed by atoms with van der Waals surface area (Å²) in [6.07, 6.45) is 2.31. The Kier molecular flexibility index (Phi) is 8.48. The highest BCUT2D eigenvalue weighted by molar-refractivity contribution is 8.15. The van der Waals surface area contributed by atoms with Gasteiger partial charge in [-0.1, -0.05) is 25.6 Å². The average molecular weight is 446 g/mol. The Morgan fingerprint density at radius 3 is 2.48 bits per heavy atom. The summed E-state index contributed by atoms with van der Waals surface area (Å²) >= 11 is 1.38. The molecule has 1 unspecified atom stereocenters. The third-order valence-electron chi connectivity index (χ3n) is 5.52.